The second-order valence-corrected chi connectivity index (χ2v) is 4.68. The highest BCUT2D eigenvalue weighted by Crippen LogP contribution is 2.20. The number of amides is 1. The number of hydrogen-bond donors (Lipinski definition) is 2. The number of benzene rings is 1. The molecule has 3 N–H and O–H groups in total. The summed E-state index contributed by atoms with van der Waals surface area (Å²) in [5.41, 5.74) is 8.99. The third-order valence-electron chi connectivity index (χ3n) is 2.80. The van der Waals surface area contributed by atoms with E-state index in [4.69, 9.17) is 17.3 Å². The zero-order chi connectivity index (χ0) is 14.0. The normalized spacial score (nSPS) is 10.3. The lowest BCUT2D eigenvalue weighted by Gasteiger charge is -2.10. The molecule has 2 aromatic rings. The van der Waals surface area contributed by atoms with Crippen molar-refractivity contribution in [2.75, 3.05) is 11.1 Å². The van der Waals surface area contributed by atoms with Gasteiger partial charge in [-0.05, 0) is 37.1 Å². The Bertz CT molecular complexity index is 620. The van der Waals surface area contributed by atoms with Crippen LogP contribution in [0.3, 0.4) is 0 Å². The van der Waals surface area contributed by atoms with Gasteiger partial charge >= 0.3 is 0 Å². The van der Waals surface area contributed by atoms with Gasteiger partial charge in [0.25, 0.3) is 5.91 Å². The number of hydrogen-bond acceptors (Lipinski definition) is 3. The maximum atomic E-state index is 12.2. The lowest BCUT2D eigenvalue weighted by molar-refractivity contribution is 0.102. The summed E-state index contributed by atoms with van der Waals surface area (Å²) in [5.74, 6) is -0.251. The fourth-order valence-electron chi connectivity index (χ4n) is 1.82. The summed E-state index contributed by atoms with van der Waals surface area (Å²) >= 11 is 5.84. The van der Waals surface area contributed by atoms with Crippen molar-refractivity contribution in [2.45, 2.75) is 13.8 Å². The number of carbonyl (C=O) groups excluding carboxylic acids is 1. The van der Waals surface area contributed by atoms with Crippen LogP contribution in [0.2, 0.25) is 5.15 Å². The summed E-state index contributed by atoms with van der Waals surface area (Å²) < 4.78 is 0. The summed E-state index contributed by atoms with van der Waals surface area (Å²) in [6.45, 7) is 3.67. The van der Waals surface area contributed by atoms with E-state index in [2.05, 4.69) is 10.3 Å². The number of rotatable bonds is 2. The van der Waals surface area contributed by atoms with Crippen LogP contribution in [0.1, 0.15) is 21.5 Å². The molecule has 0 saturated carbocycles. The molecular weight excluding hydrogens is 262 g/mol. The zero-order valence-electron chi connectivity index (χ0n) is 10.7. The minimum atomic E-state index is -0.251. The first-order valence-corrected chi connectivity index (χ1v) is 6.15. The van der Waals surface area contributed by atoms with E-state index in [0.717, 1.165) is 11.1 Å². The molecule has 0 unspecified atom stereocenters. The number of aryl methyl sites for hydroxylation is 2. The van der Waals surface area contributed by atoms with Crippen LogP contribution in [-0.4, -0.2) is 10.9 Å². The molecule has 0 fully saturated rings. The van der Waals surface area contributed by atoms with Crippen molar-refractivity contribution in [2.24, 2.45) is 0 Å². The van der Waals surface area contributed by atoms with Crippen molar-refractivity contribution in [3.63, 3.8) is 0 Å². The van der Waals surface area contributed by atoms with Crippen LogP contribution < -0.4 is 11.1 Å². The highest BCUT2D eigenvalue weighted by atomic mass is 35.5. The molecule has 1 amide bonds. The number of halogens is 1. The number of nitrogens with two attached hydrogens (primary N) is 1. The Labute approximate surface area is 116 Å². The Morgan fingerprint density at radius 3 is 2.68 bits per heavy atom. The molecule has 0 aliphatic rings. The maximum absolute atomic E-state index is 12.2. The van der Waals surface area contributed by atoms with Gasteiger partial charge in [-0.3, -0.25) is 4.79 Å². The number of aromatic nitrogens is 1. The number of carbonyl (C=O) groups is 1. The van der Waals surface area contributed by atoms with Gasteiger partial charge in [-0.2, -0.15) is 0 Å². The van der Waals surface area contributed by atoms with E-state index >= 15 is 0 Å². The summed E-state index contributed by atoms with van der Waals surface area (Å²) in [4.78, 5) is 16.2. The first kappa shape index (κ1) is 13.4. The molecule has 1 aromatic heterocycles. The summed E-state index contributed by atoms with van der Waals surface area (Å²) in [6.07, 6.45) is 1.52. The Morgan fingerprint density at radius 2 is 2.05 bits per heavy atom. The van der Waals surface area contributed by atoms with E-state index in [0.29, 0.717) is 22.1 Å². The van der Waals surface area contributed by atoms with Crippen molar-refractivity contribution in [3.05, 3.63) is 52.3 Å². The first-order valence-electron chi connectivity index (χ1n) is 5.77. The third-order valence-corrected chi connectivity index (χ3v) is 3.20. The molecular formula is C14H14ClN3O. The van der Waals surface area contributed by atoms with Crippen LogP contribution in [0.4, 0.5) is 11.4 Å². The number of pyridine rings is 1. The predicted molar refractivity (Wildman–Crippen MR) is 77.5 cm³/mol. The van der Waals surface area contributed by atoms with Crippen molar-refractivity contribution in [3.8, 4) is 0 Å². The Balaban J connectivity index is 2.28. The van der Waals surface area contributed by atoms with Crippen LogP contribution >= 0.6 is 11.6 Å². The quantitative estimate of drug-likeness (QED) is 0.653. The predicted octanol–water partition coefficient (Wildman–Crippen LogP) is 3.19. The van der Waals surface area contributed by atoms with Gasteiger partial charge in [-0.25, -0.2) is 4.98 Å². The summed E-state index contributed by atoms with van der Waals surface area (Å²) in [6, 6.07) is 7.13. The van der Waals surface area contributed by atoms with Gasteiger partial charge in [0.1, 0.15) is 5.15 Å². The van der Waals surface area contributed by atoms with E-state index in [9.17, 15) is 4.79 Å². The van der Waals surface area contributed by atoms with Gasteiger partial charge < -0.3 is 11.1 Å². The zero-order valence-corrected chi connectivity index (χ0v) is 11.5. The second-order valence-electron chi connectivity index (χ2n) is 4.32. The Hall–Kier alpha value is -2.07. The van der Waals surface area contributed by atoms with Crippen LogP contribution in [0, 0.1) is 13.8 Å². The molecule has 0 bridgehead atoms. The smallest absolute Gasteiger partial charge is 0.258 e. The van der Waals surface area contributed by atoms with Crippen LogP contribution in [0.5, 0.6) is 0 Å². The molecule has 19 heavy (non-hydrogen) atoms. The van der Waals surface area contributed by atoms with Crippen molar-refractivity contribution in [1.82, 2.24) is 4.98 Å². The van der Waals surface area contributed by atoms with Gasteiger partial charge in [-0.15, -0.1) is 0 Å². The van der Waals surface area contributed by atoms with Crippen molar-refractivity contribution >= 4 is 28.9 Å². The standard InChI is InChI=1S/C14H14ClN3O/c1-8-4-3-5-11(16)12(8)14(19)18-10-6-9(2)13(15)17-7-10/h3-7H,16H2,1-2H3,(H,18,19). The van der Waals surface area contributed by atoms with Gasteiger partial charge in [0.15, 0.2) is 0 Å². The lowest BCUT2D eigenvalue weighted by atomic mass is 10.1. The van der Waals surface area contributed by atoms with E-state index in [-0.39, 0.29) is 5.91 Å². The molecule has 0 saturated heterocycles. The maximum Gasteiger partial charge on any atom is 0.258 e. The monoisotopic (exact) mass is 275 g/mol. The van der Waals surface area contributed by atoms with Crippen LogP contribution in [-0.2, 0) is 0 Å². The van der Waals surface area contributed by atoms with E-state index < -0.39 is 0 Å². The van der Waals surface area contributed by atoms with Gasteiger partial charge in [-0.1, -0.05) is 23.7 Å². The SMILES string of the molecule is Cc1cc(NC(=O)c2c(C)cccc2N)cnc1Cl. The minimum Gasteiger partial charge on any atom is -0.398 e. The van der Waals surface area contributed by atoms with Gasteiger partial charge in [0.05, 0.1) is 17.4 Å². The van der Waals surface area contributed by atoms with Gasteiger partial charge in [0, 0.05) is 5.69 Å². The van der Waals surface area contributed by atoms with Crippen molar-refractivity contribution < 1.29 is 4.79 Å². The molecule has 0 spiro atoms. The minimum absolute atomic E-state index is 0.251. The van der Waals surface area contributed by atoms with Crippen LogP contribution in [0.25, 0.3) is 0 Å². The highest BCUT2D eigenvalue weighted by molar-refractivity contribution is 6.30. The van der Waals surface area contributed by atoms with Crippen LogP contribution in [0.15, 0.2) is 30.5 Å². The average Bonchev–Trinajstić information content (AvgIpc) is 2.33. The number of nitrogen functional groups attached to an aromatic ring is 1. The molecule has 0 aliphatic heterocycles. The largest absolute Gasteiger partial charge is 0.398 e. The van der Waals surface area contributed by atoms with E-state index in [1.54, 1.807) is 12.1 Å². The Kier molecular flexibility index (Phi) is 3.71. The number of nitrogens with zero attached hydrogens (tertiary/aromatic N) is 1. The lowest BCUT2D eigenvalue weighted by Crippen LogP contribution is -2.15. The molecule has 98 valence electrons. The van der Waals surface area contributed by atoms with E-state index in [1.165, 1.54) is 6.20 Å². The molecule has 0 radical (unpaired) electrons. The van der Waals surface area contributed by atoms with Gasteiger partial charge in [0.2, 0.25) is 0 Å². The summed E-state index contributed by atoms with van der Waals surface area (Å²) in [7, 11) is 0. The second kappa shape index (κ2) is 5.28. The topological polar surface area (TPSA) is 68.0 Å². The third kappa shape index (κ3) is 2.85. The molecule has 1 aromatic carbocycles. The first-order chi connectivity index (χ1) is 8.99. The number of nitrogens with one attached hydrogen (secondary N) is 1. The molecule has 5 heteroatoms. The fourth-order valence-corrected chi connectivity index (χ4v) is 1.92. The van der Waals surface area contributed by atoms with E-state index in [1.807, 2.05) is 26.0 Å². The molecule has 0 atom stereocenters. The number of anilines is 2. The molecule has 0 aliphatic carbocycles. The summed E-state index contributed by atoms with van der Waals surface area (Å²) in [5, 5.41) is 3.19. The fraction of sp³-hybridized carbons (Fsp3) is 0.143. The molecule has 2 rings (SSSR count). The molecule has 1 heterocycles. The van der Waals surface area contributed by atoms with Crippen molar-refractivity contribution in [1.29, 1.82) is 0 Å². The highest BCUT2D eigenvalue weighted by Gasteiger charge is 2.13. The Morgan fingerprint density at radius 1 is 1.32 bits per heavy atom. The average molecular weight is 276 g/mol. The molecule has 4 nitrogen and oxygen atoms in total.